The Kier molecular flexibility index (Phi) is 4.34. The summed E-state index contributed by atoms with van der Waals surface area (Å²) in [5, 5.41) is 13.2. The smallest absolute Gasteiger partial charge is 0.102 e. The second-order valence-corrected chi connectivity index (χ2v) is 5.97. The minimum absolute atomic E-state index is 0.443. The predicted octanol–water partition coefficient (Wildman–Crippen LogP) is 1.49. The summed E-state index contributed by atoms with van der Waals surface area (Å²) in [6.07, 6.45) is 8.82. The third-order valence-corrected chi connectivity index (χ3v) is 4.53. The largest absolute Gasteiger partial charge is 0.302 e. The van der Waals surface area contributed by atoms with Crippen LogP contribution < -0.4 is 0 Å². The van der Waals surface area contributed by atoms with E-state index in [-0.39, 0.29) is 0 Å². The molecule has 5 heteroatoms. The van der Waals surface area contributed by atoms with Crippen LogP contribution in [-0.4, -0.2) is 58.8 Å². The van der Waals surface area contributed by atoms with Crippen molar-refractivity contribution in [3.8, 4) is 6.07 Å². The molecule has 1 aromatic rings. The zero-order valence-corrected chi connectivity index (χ0v) is 12.0. The maximum Gasteiger partial charge on any atom is 0.102 e. The molecule has 2 aliphatic heterocycles. The van der Waals surface area contributed by atoms with E-state index in [1.54, 1.807) is 6.20 Å². The standard InChI is InChI=1S/C15H23N5/c16-10-14-11-17-20(12-14)15-4-7-19(13-15)9-8-18-5-2-1-3-6-18/h11-12,15H,1-9,13H2. The first-order valence-electron chi connectivity index (χ1n) is 7.74. The number of hydrogen-bond acceptors (Lipinski definition) is 4. The van der Waals surface area contributed by atoms with Crippen molar-refractivity contribution in [3.05, 3.63) is 18.0 Å². The van der Waals surface area contributed by atoms with Gasteiger partial charge in [0, 0.05) is 32.4 Å². The highest BCUT2D eigenvalue weighted by atomic mass is 15.3. The van der Waals surface area contributed by atoms with E-state index in [0.29, 0.717) is 11.6 Å². The highest BCUT2D eigenvalue weighted by molar-refractivity contribution is 5.22. The summed E-state index contributed by atoms with van der Waals surface area (Å²) in [4.78, 5) is 5.13. The fraction of sp³-hybridized carbons (Fsp3) is 0.733. The Balaban J connectivity index is 1.45. The molecule has 0 N–H and O–H groups in total. The normalized spacial score (nSPS) is 24.9. The van der Waals surface area contributed by atoms with E-state index in [0.717, 1.165) is 19.5 Å². The topological polar surface area (TPSA) is 48.1 Å². The molecular formula is C15H23N5. The van der Waals surface area contributed by atoms with E-state index >= 15 is 0 Å². The van der Waals surface area contributed by atoms with Crippen molar-refractivity contribution in [2.75, 3.05) is 39.3 Å². The number of hydrogen-bond donors (Lipinski definition) is 0. The molecule has 2 fully saturated rings. The number of likely N-dealkylation sites (tertiary alicyclic amines) is 2. The molecular weight excluding hydrogens is 250 g/mol. The van der Waals surface area contributed by atoms with Crippen molar-refractivity contribution in [2.45, 2.75) is 31.7 Å². The van der Waals surface area contributed by atoms with Crippen LogP contribution in [0.25, 0.3) is 0 Å². The molecule has 0 amide bonds. The molecule has 108 valence electrons. The molecule has 0 spiro atoms. The molecule has 3 rings (SSSR count). The summed E-state index contributed by atoms with van der Waals surface area (Å²) in [6, 6.07) is 2.59. The molecule has 1 aromatic heterocycles. The lowest BCUT2D eigenvalue weighted by Gasteiger charge is -2.28. The summed E-state index contributed by atoms with van der Waals surface area (Å²) < 4.78 is 1.97. The maximum atomic E-state index is 8.85. The van der Waals surface area contributed by atoms with Crippen LogP contribution in [0.2, 0.25) is 0 Å². The van der Waals surface area contributed by atoms with Crippen LogP contribution in [0, 0.1) is 11.3 Å². The van der Waals surface area contributed by atoms with Gasteiger partial charge in [-0.25, -0.2) is 0 Å². The Labute approximate surface area is 120 Å². The van der Waals surface area contributed by atoms with Crippen LogP contribution in [-0.2, 0) is 0 Å². The zero-order chi connectivity index (χ0) is 13.8. The Morgan fingerprint density at radius 2 is 1.95 bits per heavy atom. The van der Waals surface area contributed by atoms with E-state index in [9.17, 15) is 0 Å². The molecule has 0 radical (unpaired) electrons. The van der Waals surface area contributed by atoms with Gasteiger partial charge in [-0.15, -0.1) is 0 Å². The second-order valence-electron chi connectivity index (χ2n) is 5.97. The van der Waals surface area contributed by atoms with Gasteiger partial charge < -0.3 is 4.90 Å². The quantitative estimate of drug-likeness (QED) is 0.834. The number of rotatable bonds is 4. The monoisotopic (exact) mass is 273 g/mol. The van der Waals surface area contributed by atoms with Gasteiger partial charge in [0.1, 0.15) is 6.07 Å². The highest BCUT2D eigenvalue weighted by Crippen LogP contribution is 2.21. The third kappa shape index (κ3) is 3.20. The van der Waals surface area contributed by atoms with Crippen molar-refractivity contribution in [3.63, 3.8) is 0 Å². The van der Waals surface area contributed by atoms with Crippen LogP contribution in [0.5, 0.6) is 0 Å². The molecule has 0 aliphatic carbocycles. The van der Waals surface area contributed by atoms with Gasteiger partial charge in [-0.05, 0) is 32.4 Å². The molecule has 1 atom stereocenters. The Morgan fingerprint density at radius 3 is 2.70 bits per heavy atom. The Bertz CT molecular complexity index is 469. The molecule has 2 saturated heterocycles. The van der Waals surface area contributed by atoms with E-state index in [1.807, 2.05) is 10.9 Å². The Hall–Kier alpha value is -1.38. The number of piperidine rings is 1. The molecule has 0 aromatic carbocycles. The SMILES string of the molecule is N#Cc1cnn(C2CCN(CCN3CCCCC3)C2)c1. The Morgan fingerprint density at radius 1 is 1.15 bits per heavy atom. The van der Waals surface area contributed by atoms with E-state index in [2.05, 4.69) is 21.0 Å². The number of nitrogens with zero attached hydrogens (tertiary/aromatic N) is 5. The minimum atomic E-state index is 0.443. The van der Waals surface area contributed by atoms with Gasteiger partial charge in [-0.2, -0.15) is 10.4 Å². The molecule has 0 bridgehead atoms. The van der Waals surface area contributed by atoms with Gasteiger partial charge in [-0.3, -0.25) is 9.58 Å². The van der Waals surface area contributed by atoms with Crippen LogP contribution in [0.15, 0.2) is 12.4 Å². The fourth-order valence-electron chi connectivity index (χ4n) is 3.29. The second kappa shape index (κ2) is 6.38. The van der Waals surface area contributed by atoms with Crippen LogP contribution in [0.1, 0.15) is 37.3 Å². The summed E-state index contributed by atoms with van der Waals surface area (Å²) in [5.74, 6) is 0. The van der Waals surface area contributed by atoms with Crippen molar-refractivity contribution in [1.29, 1.82) is 5.26 Å². The van der Waals surface area contributed by atoms with Crippen molar-refractivity contribution in [2.24, 2.45) is 0 Å². The van der Waals surface area contributed by atoms with Gasteiger partial charge >= 0.3 is 0 Å². The van der Waals surface area contributed by atoms with Crippen molar-refractivity contribution >= 4 is 0 Å². The number of aromatic nitrogens is 2. The van der Waals surface area contributed by atoms with Gasteiger partial charge in [0.05, 0.1) is 17.8 Å². The minimum Gasteiger partial charge on any atom is -0.302 e. The van der Waals surface area contributed by atoms with Crippen LogP contribution >= 0.6 is 0 Å². The van der Waals surface area contributed by atoms with Gasteiger partial charge in [0.25, 0.3) is 0 Å². The first kappa shape index (κ1) is 13.6. The van der Waals surface area contributed by atoms with E-state index < -0.39 is 0 Å². The molecule has 1 unspecified atom stereocenters. The molecule has 5 nitrogen and oxygen atoms in total. The average molecular weight is 273 g/mol. The molecule has 3 heterocycles. The number of nitriles is 1. The first-order chi connectivity index (χ1) is 9.85. The van der Waals surface area contributed by atoms with Crippen LogP contribution in [0.3, 0.4) is 0 Å². The van der Waals surface area contributed by atoms with E-state index in [4.69, 9.17) is 5.26 Å². The van der Waals surface area contributed by atoms with E-state index in [1.165, 1.54) is 45.4 Å². The molecule has 0 saturated carbocycles. The maximum absolute atomic E-state index is 8.85. The lowest BCUT2D eigenvalue weighted by molar-refractivity contribution is 0.193. The average Bonchev–Trinajstić information content (AvgIpc) is 3.15. The fourth-order valence-corrected chi connectivity index (χ4v) is 3.29. The molecule has 2 aliphatic rings. The lowest BCUT2D eigenvalue weighted by Crippen LogP contribution is -2.37. The van der Waals surface area contributed by atoms with Crippen LogP contribution in [0.4, 0.5) is 0 Å². The lowest BCUT2D eigenvalue weighted by atomic mass is 10.1. The summed E-state index contributed by atoms with van der Waals surface area (Å²) in [5.41, 5.74) is 0.664. The summed E-state index contributed by atoms with van der Waals surface area (Å²) in [7, 11) is 0. The van der Waals surface area contributed by atoms with Gasteiger partial charge in [0.2, 0.25) is 0 Å². The zero-order valence-electron chi connectivity index (χ0n) is 12.0. The third-order valence-electron chi connectivity index (χ3n) is 4.53. The first-order valence-corrected chi connectivity index (χ1v) is 7.74. The summed E-state index contributed by atoms with van der Waals surface area (Å²) in [6.45, 7) is 7.16. The van der Waals surface area contributed by atoms with Gasteiger partial charge in [-0.1, -0.05) is 6.42 Å². The highest BCUT2D eigenvalue weighted by Gasteiger charge is 2.24. The van der Waals surface area contributed by atoms with Crippen molar-refractivity contribution in [1.82, 2.24) is 19.6 Å². The van der Waals surface area contributed by atoms with Gasteiger partial charge in [0.15, 0.2) is 0 Å². The van der Waals surface area contributed by atoms with Crippen molar-refractivity contribution < 1.29 is 0 Å². The summed E-state index contributed by atoms with van der Waals surface area (Å²) >= 11 is 0. The predicted molar refractivity (Wildman–Crippen MR) is 77.3 cm³/mol. The molecule has 20 heavy (non-hydrogen) atoms.